The third-order valence-electron chi connectivity index (χ3n) is 2.42. The highest BCUT2D eigenvalue weighted by molar-refractivity contribution is 8.13. The van der Waals surface area contributed by atoms with Crippen LogP contribution in [0.3, 0.4) is 0 Å². The lowest BCUT2D eigenvalue weighted by molar-refractivity contribution is -0.119. The Morgan fingerprint density at radius 2 is 2.10 bits per heavy atom. The lowest BCUT2D eigenvalue weighted by Gasteiger charge is -2.06. The van der Waals surface area contributed by atoms with Crippen LogP contribution in [0.2, 0.25) is 0 Å². The number of unbranched alkanes of at least 4 members (excludes halogenated alkanes) is 3. The summed E-state index contributed by atoms with van der Waals surface area (Å²) in [6.07, 6.45) is 7.73. The maximum absolute atomic E-state index is 11.6. The average molecular weight is 300 g/mol. The molecule has 0 saturated heterocycles. The Morgan fingerprint density at radius 3 is 2.70 bits per heavy atom. The molecule has 0 aliphatic rings. The molecule has 114 valence electrons. The van der Waals surface area contributed by atoms with Crippen LogP contribution in [0, 0.1) is 0 Å². The maximum atomic E-state index is 11.6. The van der Waals surface area contributed by atoms with E-state index in [4.69, 9.17) is 4.74 Å². The molecule has 0 unspecified atom stereocenters. The molecule has 0 aromatic heterocycles. The van der Waals surface area contributed by atoms with Crippen molar-refractivity contribution in [3.63, 3.8) is 0 Å². The van der Waals surface area contributed by atoms with Crippen LogP contribution in [0.5, 0.6) is 0 Å². The largest absolute Gasteiger partial charge is 0.448 e. The van der Waals surface area contributed by atoms with E-state index in [-0.39, 0.29) is 11.1 Å². The Labute approximate surface area is 125 Å². The Bertz CT molecular complexity index is 343. The smallest absolute Gasteiger partial charge is 0.436 e. The molecule has 0 atom stereocenters. The number of amides is 2. The number of allylic oxidation sites excluding steroid dienone is 1. The lowest BCUT2D eigenvalue weighted by Crippen LogP contribution is -2.28. The van der Waals surface area contributed by atoms with Crippen molar-refractivity contribution in [3.8, 4) is 0 Å². The minimum atomic E-state index is -0.658. The first kappa shape index (κ1) is 18.7. The molecule has 20 heavy (non-hydrogen) atoms. The number of thioether (sulfide) groups is 1. The summed E-state index contributed by atoms with van der Waals surface area (Å²) in [6.45, 7) is 6.00. The predicted octanol–water partition coefficient (Wildman–Crippen LogP) is 3.50. The van der Waals surface area contributed by atoms with Crippen LogP contribution in [-0.4, -0.2) is 30.0 Å². The van der Waals surface area contributed by atoms with E-state index in [2.05, 4.69) is 16.9 Å². The van der Waals surface area contributed by atoms with Gasteiger partial charge in [0.25, 0.3) is 0 Å². The van der Waals surface area contributed by atoms with Crippen LogP contribution < -0.4 is 5.32 Å². The summed E-state index contributed by atoms with van der Waals surface area (Å²) in [5.74, 6) is -0.136. The lowest BCUT2D eigenvalue weighted by atomic mass is 10.2. The van der Waals surface area contributed by atoms with Crippen LogP contribution in [0.15, 0.2) is 17.6 Å². The van der Waals surface area contributed by atoms with Crippen LogP contribution in [0.4, 0.5) is 4.79 Å². The van der Waals surface area contributed by atoms with Gasteiger partial charge in [0.1, 0.15) is 0 Å². The second-order valence-corrected chi connectivity index (χ2v) is 4.97. The average Bonchev–Trinajstić information content (AvgIpc) is 2.43. The summed E-state index contributed by atoms with van der Waals surface area (Å²) in [5.41, 5.74) is 0. The van der Waals surface area contributed by atoms with Crippen molar-refractivity contribution in [2.75, 3.05) is 12.9 Å². The molecule has 1 N–H and O–H groups in total. The minimum Gasteiger partial charge on any atom is -0.448 e. The molecular formula is C14H24N2O3S. The number of aliphatic imine (C=N–C) groups is 1. The van der Waals surface area contributed by atoms with Crippen LogP contribution in [-0.2, 0) is 9.53 Å². The van der Waals surface area contributed by atoms with E-state index < -0.39 is 6.09 Å². The monoisotopic (exact) mass is 300 g/mol. The fourth-order valence-corrected chi connectivity index (χ4v) is 1.68. The van der Waals surface area contributed by atoms with E-state index in [1.165, 1.54) is 11.8 Å². The van der Waals surface area contributed by atoms with E-state index in [9.17, 15) is 9.59 Å². The summed E-state index contributed by atoms with van der Waals surface area (Å²) in [6, 6.07) is 0. The summed E-state index contributed by atoms with van der Waals surface area (Å²) in [4.78, 5) is 26.7. The van der Waals surface area contributed by atoms with Crippen LogP contribution >= 0.6 is 11.8 Å². The van der Waals surface area contributed by atoms with Gasteiger partial charge in [-0.1, -0.05) is 31.2 Å². The quantitative estimate of drug-likeness (QED) is 0.322. The molecule has 0 rings (SSSR count). The number of nitrogens with zero attached hydrogens (tertiary/aromatic N) is 1. The Hall–Kier alpha value is -1.30. The predicted molar refractivity (Wildman–Crippen MR) is 84.0 cm³/mol. The number of carbonyl (C=O) groups excluding carboxylic acids is 2. The zero-order valence-electron chi connectivity index (χ0n) is 12.3. The normalized spacial score (nSPS) is 11.0. The summed E-state index contributed by atoms with van der Waals surface area (Å²) in [5, 5.41) is 2.89. The Balaban J connectivity index is 4.07. The number of ether oxygens (including phenoxy) is 1. The van der Waals surface area contributed by atoms with Crippen molar-refractivity contribution in [3.05, 3.63) is 12.7 Å². The number of hydrogen-bond acceptors (Lipinski definition) is 4. The van der Waals surface area contributed by atoms with E-state index in [0.717, 1.165) is 32.1 Å². The van der Waals surface area contributed by atoms with Crippen molar-refractivity contribution >= 4 is 28.9 Å². The van der Waals surface area contributed by atoms with Gasteiger partial charge in [0, 0.05) is 6.42 Å². The van der Waals surface area contributed by atoms with Gasteiger partial charge >= 0.3 is 6.09 Å². The van der Waals surface area contributed by atoms with Crippen molar-refractivity contribution in [1.29, 1.82) is 0 Å². The van der Waals surface area contributed by atoms with Gasteiger partial charge in [0.15, 0.2) is 5.17 Å². The third-order valence-corrected chi connectivity index (χ3v) is 3.00. The Morgan fingerprint density at radius 1 is 1.35 bits per heavy atom. The van der Waals surface area contributed by atoms with Crippen molar-refractivity contribution < 1.29 is 14.3 Å². The fourth-order valence-electron chi connectivity index (χ4n) is 1.30. The number of hydrogen-bond donors (Lipinski definition) is 1. The second kappa shape index (κ2) is 12.7. The highest BCUT2D eigenvalue weighted by atomic mass is 32.2. The van der Waals surface area contributed by atoms with Gasteiger partial charge in [-0.25, -0.2) is 4.79 Å². The molecule has 0 bridgehead atoms. The zero-order chi connectivity index (χ0) is 15.2. The molecule has 0 aliphatic carbocycles. The van der Waals surface area contributed by atoms with Gasteiger partial charge in [0.2, 0.25) is 5.91 Å². The molecule has 5 nitrogen and oxygen atoms in total. The van der Waals surface area contributed by atoms with Gasteiger partial charge in [-0.15, -0.1) is 6.58 Å². The van der Waals surface area contributed by atoms with Crippen LogP contribution in [0.25, 0.3) is 0 Å². The highest BCUT2D eigenvalue weighted by Crippen LogP contribution is 2.02. The Kier molecular flexibility index (Phi) is 11.9. The fraction of sp³-hybridized carbons (Fsp3) is 0.643. The molecule has 0 radical (unpaired) electrons. The maximum Gasteiger partial charge on any atom is 0.436 e. The highest BCUT2D eigenvalue weighted by Gasteiger charge is 2.08. The number of amidine groups is 1. The van der Waals surface area contributed by atoms with Crippen LogP contribution in [0.1, 0.15) is 45.4 Å². The van der Waals surface area contributed by atoms with E-state index >= 15 is 0 Å². The summed E-state index contributed by atoms with van der Waals surface area (Å²) in [7, 11) is 0. The van der Waals surface area contributed by atoms with Gasteiger partial charge in [-0.05, 0) is 31.9 Å². The van der Waals surface area contributed by atoms with Crippen molar-refractivity contribution in [2.45, 2.75) is 45.4 Å². The molecule has 2 amide bonds. The topological polar surface area (TPSA) is 67.8 Å². The molecule has 0 saturated carbocycles. The number of rotatable bonds is 8. The van der Waals surface area contributed by atoms with Gasteiger partial charge < -0.3 is 10.1 Å². The van der Waals surface area contributed by atoms with Crippen molar-refractivity contribution in [1.82, 2.24) is 5.32 Å². The summed E-state index contributed by atoms with van der Waals surface area (Å²) < 4.78 is 4.91. The van der Waals surface area contributed by atoms with Gasteiger partial charge in [-0.3, -0.25) is 4.79 Å². The second-order valence-electron chi connectivity index (χ2n) is 4.17. The summed E-state index contributed by atoms with van der Waals surface area (Å²) >= 11 is 1.21. The van der Waals surface area contributed by atoms with Gasteiger partial charge in [-0.2, -0.15) is 4.99 Å². The van der Waals surface area contributed by atoms with E-state index in [0.29, 0.717) is 13.0 Å². The van der Waals surface area contributed by atoms with E-state index in [1.54, 1.807) is 6.26 Å². The number of carbonyl (C=O) groups is 2. The minimum absolute atomic E-state index is 0.136. The third kappa shape index (κ3) is 10.6. The molecule has 0 aromatic carbocycles. The number of nitrogens with one attached hydrogen (secondary N) is 1. The standard InChI is InChI=1S/C14H24N2O3S/c1-4-6-8-9-10-12(17)15-13(20-3)16-14(18)19-11-7-5-2/h4H,1,5-11H2,2-3H3,(H,15,16,17,18). The molecule has 0 heterocycles. The molecular weight excluding hydrogens is 276 g/mol. The molecule has 0 spiro atoms. The SMILES string of the molecule is C=CCCCCC(=O)NC(=NC(=O)OCCCC)SC. The molecule has 0 aliphatic heterocycles. The first-order valence-corrected chi connectivity index (χ1v) is 8.06. The molecule has 0 aromatic rings. The van der Waals surface area contributed by atoms with E-state index in [1.807, 2.05) is 13.0 Å². The van der Waals surface area contributed by atoms with Crippen molar-refractivity contribution in [2.24, 2.45) is 4.99 Å². The first-order valence-electron chi connectivity index (χ1n) is 6.84. The molecule has 0 fully saturated rings. The first-order chi connectivity index (χ1) is 9.63. The molecule has 6 heteroatoms. The van der Waals surface area contributed by atoms with Gasteiger partial charge in [0.05, 0.1) is 6.61 Å². The zero-order valence-corrected chi connectivity index (χ0v) is 13.1.